The second-order valence-electron chi connectivity index (χ2n) is 3.66. The van der Waals surface area contributed by atoms with Gasteiger partial charge in [0.25, 0.3) is 0 Å². The maximum absolute atomic E-state index is 8.65. The van der Waals surface area contributed by atoms with Gasteiger partial charge in [-0.05, 0) is 18.6 Å². The maximum Gasteiger partial charge on any atom is 0.184 e. The average molecular weight is 203 g/mol. The molecule has 78 valence electrons. The molecule has 1 aliphatic rings. The lowest BCUT2D eigenvalue weighted by molar-refractivity contribution is -0.0441. The van der Waals surface area contributed by atoms with Crippen LogP contribution in [0.4, 0.5) is 0 Å². The minimum absolute atomic E-state index is 0.248. The van der Waals surface area contributed by atoms with Crippen molar-refractivity contribution in [3.63, 3.8) is 0 Å². The van der Waals surface area contributed by atoms with Gasteiger partial charge >= 0.3 is 0 Å². The van der Waals surface area contributed by atoms with Gasteiger partial charge in [0.1, 0.15) is 0 Å². The summed E-state index contributed by atoms with van der Waals surface area (Å²) < 4.78 is 10.8. The molecule has 1 aromatic carbocycles. The highest BCUT2D eigenvalue weighted by molar-refractivity contribution is 5.31. The molecule has 0 aromatic heterocycles. The number of rotatable bonds is 2. The molecule has 1 aromatic rings. The fourth-order valence-electron chi connectivity index (χ4n) is 1.77. The van der Waals surface area contributed by atoms with Gasteiger partial charge < -0.3 is 9.47 Å². The van der Waals surface area contributed by atoms with E-state index in [1.165, 1.54) is 0 Å². The van der Waals surface area contributed by atoms with Crippen molar-refractivity contribution in [1.82, 2.24) is 0 Å². The molecule has 3 heteroatoms. The number of nitriles is 1. The molecule has 1 aliphatic heterocycles. The van der Waals surface area contributed by atoms with E-state index in [-0.39, 0.29) is 6.29 Å². The van der Waals surface area contributed by atoms with E-state index in [1.54, 1.807) is 0 Å². The van der Waals surface area contributed by atoms with Gasteiger partial charge in [0.15, 0.2) is 6.29 Å². The summed E-state index contributed by atoms with van der Waals surface area (Å²) in [5.74, 6) is 0. The van der Waals surface area contributed by atoms with Gasteiger partial charge in [-0.15, -0.1) is 0 Å². The van der Waals surface area contributed by atoms with Crippen LogP contribution in [-0.2, 0) is 15.9 Å². The molecule has 3 nitrogen and oxygen atoms in total. The Kier molecular flexibility index (Phi) is 3.00. The lowest BCUT2D eigenvalue weighted by Gasteiger charge is -2.11. The van der Waals surface area contributed by atoms with Crippen LogP contribution in [0.2, 0.25) is 0 Å². The first-order chi connectivity index (χ1) is 7.29. The maximum atomic E-state index is 8.65. The monoisotopic (exact) mass is 203 g/mol. The minimum atomic E-state index is -0.248. The fraction of sp³-hybridized carbons (Fsp3) is 0.417. The highest BCUT2D eigenvalue weighted by Gasteiger charge is 2.18. The van der Waals surface area contributed by atoms with E-state index in [4.69, 9.17) is 14.7 Å². The van der Waals surface area contributed by atoms with E-state index >= 15 is 0 Å². The summed E-state index contributed by atoms with van der Waals surface area (Å²) in [4.78, 5) is 0. The first-order valence-electron chi connectivity index (χ1n) is 5.00. The van der Waals surface area contributed by atoms with Gasteiger partial charge in [0.2, 0.25) is 0 Å². The summed E-state index contributed by atoms with van der Waals surface area (Å²) >= 11 is 0. The van der Waals surface area contributed by atoms with Crippen molar-refractivity contribution >= 4 is 0 Å². The summed E-state index contributed by atoms with van der Waals surface area (Å²) in [5, 5.41) is 8.65. The van der Waals surface area contributed by atoms with E-state index in [2.05, 4.69) is 6.07 Å². The van der Waals surface area contributed by atoms with Gasteiger partial charge in [-0.1, -0.05) is 17.7 Å². The van der Waals surface area contributed by atoms with Crippen molar-refractivity contribution in [3.8, 4) is 6.07 Å². The first kappa shape index (κ1) is 10.2. The number of hydrogen-bond acceptors (Lipinski definition) is 3. The second-order valence-corrected chi connectivity index (χ2v) is 3.66. The predicted molar refractivity (Wildman–Crippen MR) is 55.1 cm³/mol. The van der Waals surface area contributed by atoms with E-state index in [0.29, 0.717) is 19.6 Å². The molecule has 1 saturated heterocycles. The van der Waals surface area contributed by atoms with Crippen molar-refractivity contribution in [2.75, 3.05) is 13.2 Å². The van der Waals surface area contributed by atoms with E-state index in [1.807, 2.05) is 25.1 Å². The van der Waals surface area contributed by atoms with Crippen molar-refractivity contribution in [3.05, 3.63) is 34.9 Å². The molecular formula is C12H13NO2. The molecule has 0 radical (unpaired) electrons. The summed E-state index contributed by atoms with van der Waals surface area (Å²) in [5.41, 5.74) is 3.17. The zero-order valence-corrected chi connectivity index (χ0v) is 8.69. The van der Waals surface area contributed by atoms with E-state index in [9.17, 15) is 0 Å². The second kappa shape index (κ2) is 4.43. The SMILES string of the molecule is Cc1cc(CC#N)cc(C2OCCO2)c1. The fourth-order valence-corrected chi connectivity index (χ4v) is 1.77. The summed E-state index contributed by atoms with van der Waals surface area (Å²) in [6.45, 7) is 3.30. The lowest BCUT2D eigenvalue weighted by Crippen LogP contribution is -1.99. The average Bonchev–Trinajstić information content (AvgIpc) is 2.70. The molecule has 0 amide bonds. The first-order valence-corrected chi connectivity index (χ1v) is 5.00. The van der Waals surface area contributed by atoms with Crippen LogP contribution in [0, 0.1) is 18.3 Å². The summed E-state index contributed by atoms with van der Waals surface area (Å²) in [7, 11) is 0. The minimum Gasteiger partial charge on any atom is -0.346 e. The van der Waals surface area contributed by atoms with Gasteiger partial charge in [-0.3, -0.25) is 0 Å². The molecule has 2 rings (SSSR count). The van der Waals surface area contributed by atoms with Crippen LogP contribution in [0.15, 0.2) is 18.2 Å². The number of ether oxygens (including phenoxy) is 2. The topological polar surface area (TPSA) is 42.2 Å². The third kappa shape index (κ3) is 2.35. The quantitative estimate of drug-likeness (QED) is 0.739. The third-order valence-corrected chi connectivity index (χ3v) is 2.34. The van der Waals surface area contributed by atoms with Crippen molar-refractivity contribution in [2.45, 2.75) is 19.6 Å². The Bertz CT molecular complexity index is 389. The molecule has 1 fully saturated rings. The predicted octanol–water partition coefficient (Wildman–Crippen LogP) is 2.11. The molecule has 0 N–H and O–H groups in total. The Morgan fingerprint density at radius 2 is 2.07 bits per heavy atom. The molecule has 0 aliphatic carbocycles. The molecule has 0 unspecified atom stereocenters. The van der Waals surface area contributed by atoms with Crippen LogP contribution in [0.1, 0.15) is 23.0 Å². The highest BCUT2D eigenvalue weighted by Crippen LogP contribution is 2.25. The Labute approximate surface area is 89.2 Å². The summed E-state index contributed by atoms with van der Waals surface area (Å²) in [6.07, 6.45) is 0.184. The molecule has 1 heterocycles. The number of hydrogen-bond donors (Lipinski definition) is 0. The van der Waals surface area contributed by atoms with Crippen LogP contribution in [-0.4, -0.2) is 13.2 Å². The molecule has 0 saturated carbocycles. The van der Waals surface area contributed by atoms with Crippen LogP contribution < -0.4 is 0 Å². The zero-order chi connectivity index (χ0) is 10.7. The standard InChI is InChI=1S/C12H13NO2/c1-9-6-10(2-3-13)8-11(7-9)12-14-4-5-15-12/h6-8,12H,2,4-5H2,1H3. The van der Waals surface area contributed by atoms with Crippen molar-refractivity contribution < 1.29 is 9.47 Å². The van der Waals surface area contributed by atoms with Crippen LogP contribution >= 0.6 is 0 Å². The van der Waals surface area contributed by atoms with E-state index < -0.39 is 0 Å². The molecular weight excluding hydrogens is 190 g/mol. The normalized spacial score (nSPS) is 16.5. The van der Waals surface area contributed by atoms with Crippen molar-refractivity contribution in [1.29, 1.82) is 5.26 Å². The molecule has 0 atom stereocenters. The Balaban J connectivity index is 2.26. The van der Waals surface area contributed by atoms with Gasteiger partial charge in [0.05, 0.1) is 25.7 Å². The molecule has 15 heavy (non-hydrogen) atoms. The summed E-state index contributed by atoms with van der Waals surface area (Å²) in [6, 6.07) is 8.18. The number of nitrogens with zero attached hydrogens (tertiary/aromatic N) is 1. The van der Waals surface area contributed by atoms with Crippen LogP contribution in [0.3, 0.4) is 0 Å². The molecule has 0 spiro atoms. The molecule has 0 bridgehead atoms. The van der Waals surface area contributed by atoms with Crippen molar-refractivity contribution in [2.24, 2.45) is 0 Å². The Hall–Kier alpha value is -1.37. The Morgan fingerprint density at radius 3 is 2.73 bits per heavy atom. The van der Waals surface area contributed by atoms with Crippen LogP contribution in [0.5, 0.6) is 0 Å². The van der Waals surface area contributed by atoms with Gasteiger partial charge in [0, 0.05) is 5.56 Å². The smallest absolute Gasteiger partial charge is 0.184 e. The zero-order valence-electron chi connectivity index (χ0n) is 8.69. The Morgan fingerprint density at radius 1 is 1.33 bits per heavy atom. The van der Waals surface area contributed by atoms with Gasteiger partial charge in [-0.2, -0.15) is 5.26 Å². The van der Waals surface area contributed by atoms with Gasteiger partial charge in [-0.25, -0.2) is 0 Å². The lowest BCUT2D eigenvalue weighted by atomic mass is 10.0. The van der Waals surface area contributed by atoms with E-state index in [0.717, 1.165) is 16.7 Å². The van der Waals surface area contributed by atoms with Crippen LogP contribution in [0.25, 0.3) is 0 Å². The highest BCUT2D eigenvalue weighted by atomic mass is 16.7. The number of aryl methyl sites for hydroxylation is 1. The number of benzene rings is 1. The third-order valence-electron chi connectivity index (χ3n) is 2.34. The largest absolute Gasteiger partial charge is 0.346 e.